The van der Waals surface area contributed by atoms with Gasteiger partial charge in [-0.1, -0.05) is 12.1 Å². The van der Waals surface area contributed by atoms with E-state index in [2.05, 4.69) is 10.2 Å². The second-order valence-electron chi connectivity index (χ2n) is 3.92. The van der Waals surface area contributed by atoms with Gasteiger partial charge in [0.05, 0.1) is 17.3 Å². The lowest BCUT2D eigenvalue weighted by Gasteiger charge is -2.05. The van der Waals surface area contributed by atoms with Gasteiger partial charge in [-0.05, 0) is 11.6 Å². The van der Waals surface area contributed by atoms with E-state index in [1.807, 2.05) is 0 Å². The Hall–Kier alpha value is -2.30. The molecule has 90 valence electrons. The molecule has 3 aromatic rings. The van der Waals surface area contributed by atoms with E-state index in [0.717, 1.165) is 5.39 Å². The number of fused-ring (bicyclic) bond motifs is 1. The molecule has 5 heteroatoms. The van der Waals surface area contributed by atoms with Gasteiger partial charge in [0.1, 0.15) is 17.5 Å². The first-order valence-electron chi connectivity index (χ1n) is 5.23. The number of halogens is 3. The SMILES string of the molecule is Fc1cc(F)c(-c2ccc3cn[nH]c3c2)c(F)c1. The summed E-state index contributed by atoms with van der Waals surface area (Å²) in [4.78, 5) is 0. The Morgan fingerprint density at radius 3 is 2.39 bits per heavy atom. The highest BCUT2D eigenvalue weighted by Gasteiger charge is 2.14. The molecule has 0 amide bonds. The van der Waals surface area contributed by atoms with Gasteiger partial charge in [-0.2, -0.15) is 5.10 Å². The van der Waals surface area contributed by atoms with Gasteiger partial charge in [0.25, 0.3) is 0 Å². The van der Waals surface area contributed by atoms with Gasteiger partial charge in [-0.25, -0.2) is 13.2 Å². The summed E-state index contributed by atoms with van der Waals surface area (Å²) in [7, 11) is 0. The van der Waals surface area contributed by atoms with Crippen molar-refractivity contribution in [1.82, 2.24) is 10.2 Å². The monoisotopic (exact) mass is 248 g/mol. The van der Waals surface area contributed by atoms with Gasteiger partial charge in [0.15, 0.2) is 0 Å². The summed E-state index contributed by atoms with van der Waals surface area (Å²) in [5.41, 5.74) is 0.755. The fourth-order valence-electron chi connectivity index (χ4n) is 1.91. The fourth-order valence-corrected chi connectivity index (χ4v) is 1.91. The molecule has 1 heterocycles. The topological polar surface area (TPSA) is 28.7 Å². The summed E-state index contributed by atoms with van der Waals surface area (Å²) in [6.07, 6.45) is 1.61. The van der Waals surface area contributed by atoms with Crippen molar-refractivity contribution in [3.8, 4) is 11.1 Å². The highest BCUT2D eigenvalue weighted by molar-refractivity contribution is 5.83. The molecule has 0 saturated carbocycles. The van der Waals surface area contributed by atoms with Crippen LogP contribution >= 0.6 is 0 Å². The maximum Gasteiger partial charge on any atom is 0.136 e. The third-order valence-corrected chi connectivity index (χ3v) is 2.74. The number of benzene rings is 2. The van der Waals surface area contributed by atoms with Crippen LogP contribution in [0.4, 0.5) is 13.2 Å². The number of nitrogens with one attached hydrogen (secondary N) is 1. The van der Waals surface area contributed by atoms with Gasteiger partial charge >= 0.3 is 0 Å². The first-order valence-corrected chi connectivity index (χ1v) is 5.23. The second-order valence-corrected chi connectivity index (χ2v) is 3.92. The summed E-state index contributed by atoms with van der Waals surface area (Å²) in [5.74, 6) is -2.78. The van der Waals surface area contributed by atoms with E-state index in [0.29, 0.717) is 23.2 Å². The number of rotatable bonds is 1. The predicted octanol–water partition coefficient (Wildman–Crippen LogP) is 3.65. The van der Waals surface area contributed by atoms with Gasteiger partial charge in [0.2, 0.25) is 0 Å². The average molecular weight is 248 g/mol. The number of hydrogen-bond donors (Lipinski definition) is 1. The van der Waals surface area contributed by atoms with Crippen LogP contribution in [0.5, 0.6) is 0 Å². The van der Waals surface area contributed by atoms with E-state index in [1.165, 1.54) is 0 Å². The zero-order chi connectivity index (χ0) is 12.7. The van der Waals surface area contributed by atoms with Crippen LogP contribution in [0, 0.1) is 17.5 Å². The lowest BCUT2D eigenvalue weighted by Crippen LogP contribution is -1.92. The smallest absolute Gasteiger partial charge is 0.136 e. The number of hydrogen-bond acceptors (Lipinski definition) is 1. The summed E-state index contributed by atoms with van der Waals surface area (Å²) in [5, 5.41) is 7.37. The minimum Gasteiger partial charge on any atom is -0.278 e. The first kappa shape index (κ1) is 10.8. The molecular weight excluding hydrogens is 241 g/mol. The van der Waals surface area contributed by atoms with Gasteiger partial charge in [-0.3, -0.25) is 5.10 Å². The van der Waals surface area contributed by atoms with Crippen LogP contribution in [0.3, 0.4) is 0 Å². The molecule has 2 aromatic carbocycles. The van der Waals surface area contributed by atoms with Crippen LogP contribution in [0.25, 0.3) is 22.0 Å². The fraction of sp³-hybridized carbons (Fsp3) is 0. The molecule has 0 radical (unpaired) electrons. The third-order valence-electron chi connectivity index (χ3n) is 2.74. The van der Waals surface area contributed by atoms with Crippen molar-refractivity contribution >= 4 is 10.9 Å². The molecule has 0 fully saturated rings. The van der Waals surface area contributed by atoms with E-state index in [4.69, 9.17) is 0 Å². The Balaban J connectivity index is 2.25. The zero-order valence-electron chi connectivity index (χ0n) is 9.05. The molecule has 0 bridgehead atoms. The van der Waals surface area contributed by atoms with Crippen molar-refractivity contribution in [1.29, 1.82) is 0 Å². The molecule has 3 rings (SSSR count). The lowest BCUT2D eigenvalue weighted by atomic mass is 10.0. The molecule has 0 aliphatic carbocycles. The summed E-state index contributed by atoms with van der Waals surface area (Å²) >= 11 is 0. The van der Waals surface area contributed by atoms with Crippen molar-refractivity contribution in [3.05, 3.63) is 54.0 Å². The van der Waals surface area contributed by atoms with Crippen molar-refractivity contribution in [3.63, 3.8) is 0 Å². The van der Waals surface area contributed by atoms with Crippen molar-refractivity contribution in [2.75, 3.05) is 0 Å². The summed E-state index contributed by atoms with van der Waals surface area (Å²) in [6.45, 7) is 0. The minimum atomic E-state index is -0.934. The van der Waals surface area contributed by atoms with Crippen LogP contribution in [-0.4, -0.2) is 10.2 Å². The summed E-state index contributed by atoms with van der Waals surface area (Å²) in [6, 6.07) is 6.15. The Bertz CT molecular complexity index is 711. The minimum absolute atomic E-state index is 0.243. The largest absolute Gasteiger partial charge is 0.278 e. The maximum atomic E-state index is 13.6. The molecule has 18 heavy (non-hydrogen) atoms. The number of nitrogens with zero attached hydrogens (tertiary/aromatic N) is 1. The standard InChI is InChI=1S/C13H7F3N2/c14-9-4-10(15)13(11(16)5-9)7-1-2-8-6-17-18-12(8)3-7/h1-6H,(H,17,18). The number of H-pyrrole nitrogens is 1. The molecule has 1 aromatic heterocycles. The van der Waals surface area contributed by atoms with Crippen molar-refractivity contribution in [2.45, 2.75) is 0 Å². The second kappa shape index (κ2) is 3.87. The molecule has 1 N–H and O–H groups in total. The van der Waals surface area contributed by atoms with Crippen molar-refractivity contribution in [2.24, 2.45) is 0 Å². The Kier molecular flexibility index (Phi) is 2.33. The molecule has 0 aliphatic heterocycles. The highest BCUT2D eigenvalue weighted by atomic mass is 19.1. The van der Waals surface area contributed by atoms with E-state index < -0.39 is 17.5 Å². The number of aromatic amines is 1. The van der Waals surface area contributed by atoms with E-state index >= 15 is 0 Å². The lowest BCUT2D eigenvalue weighted by molar-refractivity contribution is 0.548. The molecular formula is C13H7F3N2. The summed E-state index contributed by atoms with van der Waals surface area (Å²) < 4.78 is 40.1. The predicted molar refractivity (Wildman–Crippen MR) is 61.4 cm³/mol. The van der Waals surface area contributed by atoms with Gasteiger partial charge < -0.3 is 0 Å². The van der Waals surface area contributed by atoms with Gasteiger partial charge in [-0.15, -0.1) is 0 Å². The van der Waals surface area contributed by atoms with E-state index in [9.17, 15) is 13.2 Å². The van der Waals surface area contributed by atoms with Crippen LogP contribution in [0.15, 0.2) is 36.5 Å². The maximum absolute atomic E-state index is 13.6. The zero-order valence-corrected chi connectivity index (χ0v) is 9.05. The average Bonchev–Trinajstić information content (AvgIpc) is 2.74. The number of aromatic nitrogens is 2. The van der Waals surface area contributed by atoms with Crippen LogP contribution < -0.4 is 0 Å². The molecule has 0 saturated heterocycles. The highest BCUT2D eigenvalue weighted by Crippen LogP contribution is 2.28. The first-order chi connectivity index (χ1) is 8.65. The Morgan fingerprint density at radius 1 is 0.944 bits per heavy atom. The van der Waals surface area contributed by atoms with Crippen LogP contribution in [0.1, 0.15) is 0 Å². The Labute approximate surface area is 100 Å². The van der Waals surface area contributed by atoms with E-state index in [-0.39, 0.29) is 5.56 Å². The quantitative estimate of drug-likeness (QED) is 0.699. The molecule has 0 aliphatic rings. The third kappa shape index (κ3) is 1.64. The van der Waals surface area contributed by atoms with Gasteiger partial charge in [0, 0.05) is 17.5 Å². The Morgan fingerprint density at radius 2 is 1.67 bits per heavy atom. The molecule has 0 atom stereocenters. The molecule has 0 spiro atoms. The van der Waals surface area contributed by atoms with Crippen LogP contribution in [0.2, 0.25) is 0 Å². The normalized spacial score (nSPS) is 11.1. The van der Waals surface area contributed by atoms with Crippen LogP contribution in [-0.2, 0) is 0 Å². The van der Waals surface area contributed by atoms with E-state index in [1.54, 1.807) is 24.4 Å². The molecule has 0 unspecified atom stereocenters. The van der Waals surface area contributed by atoms with Crippen molar-refractivity contribution < 1.29 is 13.2 Å². The molecule has 2 nitrogen and oxygen atoms in total.